The van der Waals surface area contributed by atoms with Crippen molar-refractivity contribution in [3.63, 3.8) is 0 Å². The van der Waals surface area contributed by atoms with Crippen LogP contribution in [0.3, 0.4) is 0 Å². The van der Waals surface area contributed by atoms with E-state index in [2.05, 4.69) is 16.1 Å². The van der Waals surface area contributed by atoms with Crippen molar-refractivity contribution in [2.75, 3.05) is 11.9 Å². The zero-order valence-electron chi connectivity index (χ0n) is 28.8. The molecule has 7 rings (SSSR count). The van der Waals surface area contributed by atoms with E-state index >= 15 is 0 Å². The molecule has 4 aliphatic rings. The second kappa shape index (κ2) is 13.5. The number of carbonyl (C=O) groups is 3. The lowest BCUT2D eigenvalue weighted by molar-refractivity contribution is -0.139. The molecule has 0 radical (unpaired) electrons. The van der Waals surface area contributed by atoms with Crippen LogP contribution < -0.4 is 14.8 Å². The lowest BCUT2D eigenvalue weighted by atomic mass is 9.91. The number of amides is 2. The van der Waals surface area contributed by atoms with Crippen LogP contribution in [-0.2, 0) is 31.0 Å². The first-order valence-corrected chi connectivity index (χ1v) is 19.5. The fourth-order valence-corrected chi connectivity index (χ4v) is 8.95. The molecule has 3 fully saturated rings. The molecule has 1 saturated heterocycles. The fraction of sp³-hybridized carbons (Fsp3) is 0.526. The number of imidazole rings is 1. The summed E-state index contributed by atoms with van der Waals surface area (Å²) in [5.74, 6) is -1.33. The van der Waals surface area contributed by atoms with Crippen LogP contribution in [0.5, 0.6) is 6.01 Å². The number of sulfonamides is 1. The number of ether oxygens (including phenoxy) is 1. The second-order valence-corrected chi connectivity index (χ2v) is 16.9. The van der Waals surface area contributed by atoms with E-state index in [1.165, 1.54) is 0 Å². The number of nitrogens with zero attached hydrogens (tertiary/aromatic N) is 3. The Morgan fingerprint density at radius 3 is 2.56 bits per heavy atom. The first-order valence-electron chi connectivity index (χ1n) is 18.0. The zero-order chi connectivity index (χ0) is 35.1. The fourth-order valence-electron chi connectivity index (χ4n) is 7.62. The Morgan fingerprint density at radius 1 is 1.04 bits per heavy atom. The molecule has 3 aromatic rings. The van der Waals surface area contributed by atoms with E-state index in [-0.39, 0.29) is 37.0 Å². The third kappa shape index (κ3) is 6.66. The molecule has 0 spiro atoms. The molecule has 0 unspecified atom stereocenters. The van der Waals surface area contributed by atoms with E-state index in [1.807, 2.05) is 72.2 Å². The first-order chi connectivity index (χ1) is 24.0. The van der Waals surface area contributed by atoms with Crippen LogP contribution in [0.1, 0.15) is 78.1 Å². The summed E-state index contributed by atoms with van der Waals surface area (Å²) in [5.41, 5.74) is 1.37. The van der Waals surface area contributed by atoms with Gasteiger partial charge in [-0.3, -0.25) is 23.7 Å². The number of benzene rings is 2. The maximum Gasteiger partial charge on any atom is 0.297 e. The van der Waals surface area contributed by atoms with E-state index in [9.17, 15) is 22.8 Å². The van der Waals surface area contributed by atoms with Crippen molar-refractivity contribution < 1.29 is 27.5 Å². The maximum absolute atomic E-state index is 14.6. The monoisotopic (exact) mass is 701 g/mol. The lowest BCUT2D eigenvalue weighted by Gasteiger charge is -2.30. The molecule has 2 saturated carbocycles. The van der Waals surface area contributed by atoms with Gasteiger partial charge in [-0.25, -0.2) is 8.42 Å². The number of para-hydroxylation sites is 3. The minimum atomic E-state index is -3.89. The number of ketones is 1. The number of aryl methyl sites for hydroxylation is 1. The SMILES string of the molecule is CCn1c(O[C@@H]2C[C@H]3C(=O)C[C@]4(C(=O)NS(=O)(=O)C5(C)CC5)C[C@@H]4/C=C\CCCCC[C@H](Nc4ccccc4)C(=O)N3C2)nc2ccccc21. The Morgan fingerprint density at radius 2 is 1.80 bits per heavy atom. The molecule has 0 bridgehead atoms. The molecule has 2 N–H and O–H groups in total. The van der Waals surface area contributed by atoms with E-state index in [1.54, 1.807) is 11.8 Å². The smallest absolute Gasteiger partial charge is 0.297 e. The van der Waals surface area contributed by atoms with Crippen LogP contribution in [0, 0.1) is 11.3 Å². The average Bonchev–Trinajstić information content (AvgIpc) is 3.93. The molecule has 12 heteroatoms. The molecular formula is C38H47N5O6S. The van der Waals surface area contributed by atoms with Gasteiger partial charge in [0.25, 0.3) is 6.01 Å². The number of hydrogen-bond donors (Lipinski definition) is 2. The minimum absolute atomic E-state index is 0.161. The average molecular weight is 702 g/mol. The highest BCUT2D eigenvalue weighted by Gasteiger charge is 2.62. The van der Waals surface area contributed by atoms with Gasteiger partial charge < -0.3 is 15.0 Å². The Hall–Kier alpha value is -4.19. The summed E-state index contributed by atoms with van der Waals surface area (Å²) in [7, 11) is -3.89. The Bertz CT molecular complexity index is 1900. The molecule has 11 nitrogen and oxygen atoms in total. The molecule has 266 valence electrons. The van der Waals surface area contributed by atoms with E-state index in [0.717, 1.165) is 42.4 Å². The van der Waals surface area contributed by atoms with Gasteiger partial charge in [-0.1, -0.05) is 55.3 Å². The number of anilines is 1. The van der Waals surface area contributed by atoms with Crippen LogP contribution in [0.4, 0.5) is 5.69 Å². The predicted molar refractivity (Wildman–Crippen MR) is 191 cm³/mol. The highest BCUT2D eigenvalue weighted by Crippen LogP contribution is 2.57. The molecule has 3 heterocycles. The summed E-state index contributed by atoms with van der Waals surface area (Å²) < 4.78 is 36.2. The summed E-state index contributed by atoms with van der Waals surface area (Å²) in [4.78, 5) is 49.3. The van der Waals surface area contributed by atoms with Crippen molar-refractivity contribution in [2.45, 2.75) is 108 Å². The van der Waals surface area contributed by atoms with Crippen LogP contribution in [-0.4, -0.2) is 69.9 Å². The van der Waals surface area contributed by atoms with Crippen LogP contribution in [0.2, 0.25) is 0 Å². The number of Topliss-reactive ketones (excluding diaryl/α,β-unsaturated/α-hetero) is 1. The highest BCUT2D eigenvalue weighted by atomic mass is 32.2. The van der Waals surface area contributed by atoms with E-state index in [0.29, 0.717) is 38.2 Å². The number of rotatable bonds is 8. The lowest BCUT2D eigenvalue weighted by Crippen LogP contribution is -2.49. The van der Waals surface area contributed by atoms with Gasteiger partial charge in [-0.05, 0) is 82.6 Å². The van der Waals surface area contributed by atoms with Crippen molar-refractivity contribution in [2.24, 2.45) is 11.3 Å². The van der Waals surface area contributed by atoms with Gasteiger partial charge in [-0.15, -0.1) is 0 Å². The predicted octanol–water partition coefficient (Wildman–Crippen LogP) is 5.37. The van der Waals surface area contributed by atoms with Crippen molar-refractivity contribution in [1.29, 1.82) is 0 Å². The molecule has 50 heavy (non-hydrogen) atoms. The van der Waals surface area contributed by atoms with Crippen LogP contribution >= 0.6 is 0 Å². The highest BCUT2D eigenvalue weighted by molar-refractivity contribution is 7.91. The molecule has 5 atom stereocenters. The van der Waals surface area contributed by atoms with Gasteiger partial charge in [0.1, 0.15) is 12.1 Å². The molecule has 2 aliphatic carbocycles. The van der Waals surface area contributed by atoms with Crippen LogP contribution in [0.15, 0.2) is 66.7 Å². The third-order valence-electron chi connectivity index (χ3n) is 11.2. The number of aromatic nitrogens is 2. The summed E-state index contributed by atoms with van der Waals surface area (Å²) >= 11 is 0. The van der Waals surface area contributed by atoms with Gasteiger partial charge in [0.15, 0.2) is 5.78 Å². The largest absolute Gasteiger partial charge is 0.459 e. The summed E-state index contributed by atoms with van der Waals surface area (Å²) in [6, 6.07) is 16.4. The van der Waals surface area contributed by atoms with Crippen molar-refractivity contribution >= 4 is 44.3 Å². The number of allylic oxidation sites excluding steroid dienone is 2. The normalized spacial score (nSPS) is 28.9. The van der Waals surface area contributed by atoms with Crippen LogP contribution in [0.25, 0.3) is 11.0 Å². The van der Waals surface area contributed by atoms with E-state index in [4.69, 9.17) is 9.72 Å². The minimum Gasteiger partial charge on any atom is -0.459 e. The Kier molecular flexibility index (Phi) is 9.25. The third-order valence-corrected chi connectivity index (χ3v) is 13.3. The van der Waals surface area contributed by atoms with Crippen molar-refractivity contribution in [3.05, 3.63) is 66.7 Å². The number of carbonyl (C=O) groups excluding carboxylic acids is 3. The molecule has 2 aliphatic heterocycles. The second-order valence-electron chi connectivity index (χ2n) is 14.7. The topological polar surface area (TPSA) is 140 Å². The summed E-state index contributed by atoms with van der Waals surface area (Å²) in [6.07, 6.45) is 9.03. The van der Waals surface area contributed by atoms with Crippen molar-refractivity contribution in [1.82, 2.24) is 19.2 Å². The summed E-state index contributed by atoms with van der Waals surface area (Å²) in [5, 5.41) is 3.43. The van der Waals surface area contributed by atoms with E-state index < -0.39 is 44.3 Å². The molecular weight excluding hydrogens is 655 g/mol. The quantitative estimate of drug-likeness (QED) is 0.299. The molecule has 2 amide bonds. The van der Waals surface area contributed by atoms with Crippen molar-refractivity contribution in [3.8, 4) is 6.01 Å². The summed E-state index contributed by atoms with van der Waals surface area (Å²) in [6.45, 7) is 4.47. The first kappa shape index (κ1) is 34.3. The van der Waals surface area contributed by atoms with Gasteiger partial charge in [0, 0.05) is 25.1 Å². The maximum atomic E-state index is 14.6. The standard InChI is InChI=1S/C38H47N5O6S/c1-3-42-31-19-13-12-17-29(31)40-36(42)49-28-22-32-33(44)24-38(35(46)41-50(47,48)37(2)20-21-37)23-26(38)14-8-5-4-6-11-18-30(34(45)43(32)25-28)39-27-15-9-7-10-16-27/h7-10,12-17,19,26,28,30,32,39H,3-6,11,18,20-25H2,1-2H3,(H,41,46)/b14-8-/t26-,28+,30-,32-,38+/m0/s1. The van der Waals surface area contributed by atoms with Gasteiger partial charge in [0.2, 0.25) is 21.8 Å². The molecule has 2 aromatic carbocycles. The van der Waals surface area contributed by atoms with Gasteiger partial charge >= 0.3 is 0 Å². The Labute approximate surface area is 293 Å². The number of fused-ring (bicyclic) bond motifs is 3. The number of hydrogen-bond acceptors (Lipinski definition) is 8. The zero-order valence-corrected chi connectivity index (χ0v) is 29.7. The molecule has 1 aromatic heterocycles. The Balaban J connectivity index is 1.20. The van der Waals surface area contributed by atoms with Gasteiger partial charge in [-0.2, -0.15) is 4.98 Å². The number of nitrogens with one attached hydrogen (secondary N) is 2. The van der Waals surface area contributed by atoms with Gasteiger partial charge in [0.05, 0.1) is 33.8 Å².